The van der Waals surface area contributed by atoms with Gasteiger partial charge in [0.25, 0.3) is 0 Å². The number of piperazine rings is 1. The molecular formula is C17H26N2O3S2. The molecule has 24 heavy (non-hydrogen) atoms. The van der Waals surface area contributed by atoms with Crippen molar-refractivity contribution in [3.05, 3.63) is 17.7 Å². The van der Waals surface area contributed by atoms with Crippen LogP contribution < -0.4 is 14.2 Å². The minimum atomic E-state index is 0.660. The van der Waals surface area contributed by atoms with Gasteiger partial charge in [-0.05, 0) is 24.3 Å². The van der Waals surface area contributed by atoms with Gasteiger partial charge >= 0.3 is 0 Å². The fourth-order valence-electron chi connectivity index (χ4n) is 2.92. The van der Waals surface area contributed by atoms with E-state index in [1.807, 2.05) is 12.3 Å². The third kappa shape index (κ3) is 4.46. The molecule has 1 heterocycles. The summed E-state index contributed by atoms with van der Waals surface area (Å²) in [6.45, 7) is 5.07. The molecule has 1 aromatic carbocycles. The second-order valence-electron chi connectivity index (χ2n) is 5.54. The monoisotopic (exact) mass is 370 g/mol. The first-order chi connectivity index (χ1) is 11.6. The highest BCUT2D eigenvalue weighted by molar-refractivity contribution is 8.22. The molecule has 7 heteroatoms. The smallest absolute Gasteiger partial charge is 0.203 e. The Morgan fingerprint density at radius 2 is 1.71 bits per heavy atom. The molecule has 134 valence electrons. The summed E-state index contributed by atoms with van der Waals surface area (Å²) in [5.41, 5.74) is 1.14. The Kier molecular flexibility index (Phi) is 7.45. The normalized spacial score (nSPS) is 15.2. The SMILES string of the molecule is COc1ccc(CCN2CCN(C(=S)SC)CC2)c(OC)c1OC. The van der Waals surface area contributed by atoms with Gasteiger partial charge in [-0.15, -0.1) is 11.8 Å². The van der Waals surface area contributed by atoms with Crippen LogP contribution in [-0.4, -0.2) is 74.4 Å². The van der Waals surface area contributed by atoms with E-state index in [0.29, 0.717) is 11.5 Å². The number of thiocarbonyl (C=S) groups is 1. The molecule has 1 aliphatic rings. The van der Waals surface area contributed by atoms with Crippen LogP contribution in [0.2, 0.25) is 0 Å². The highest BCUT2D eigenvalue weighted by atomic mass is 32.2. The Bertz CT molecular complexity index is 561. The standard InChI is InChI=1S/C17H26N2O3S2/c1-20-14-6-5-13(15(21-2)16(14)22-3)7-8-18-9-11-19(12-10-18)17(23)24-4/h5-6H,7-12H2,1-4H3. The van der Waals surface area contributed by atoms with E-state index in [4.69, 9.17) is 26.4 Å². The van der Waals surface area contributed by atoms with Gasteiger partial charge in [0.15, 0.2) is 11.5 Å². The minimum absolute atomic E-state index is 0.660. The molecule has 0 atom stereocenters. The molecular weight excluding hydrogens is 344 g/mol. The zero-order valence-electron chi connectivity index (χ0n) is 14.8. The molecule has 0 amide bonds. The van der Waals surface area contributed by atoms with E-state index in [1.54, 1.807) is 33.1 Å². The number of nitrogens with zero attached hydrogens (tertiary/aromatic N) is 2. The van der Waals surface area contributed by atoms with Gasteiger partial charge in [-0.2, -0.15) is 0 Å². The number of benzene rings is 1. The van der Waals surface area contributed by atoms with Crippen LogP contribution in [0.4, 0.5) is 0 Å². The first-order valence-electron chi connectivity index (χ1n) is 7.97. The van der Waals surface area contributed by atoms with Crippen molar-refractivity contribution < 1.29 is 14.2 Å². The predicted molar refractivity (Wildman–Crippen MR) is 104 cm³/mol. The summed E-state index contributed by atoms with van der Waals surface area (Å²) < 4.78 is 17.4. The lowest BCUT2D eigenvalue weighted by atomic mass is 10.1. The lowest BCUT2D eigenvalue weighted by Crippen LogP contribution is -2.47. The Hall–Kier alpha value is -1.18. The van der Waals surface area contributed by atoms with Crippen molar-refractivity contribution in [1.29, 1.82) is 0 Å². The summed E-state index contributed by atoms with van der Waals surface area (Å²) in [6, 6.07) is 3.99. The molecule has 1 aromatic rings. The van der Waals surface area contributed by atoms with Crippen molar-refractivity contribution in [2.24, 2.45) is 0 Å². The van der Waals surface area contributed by atoms with Crippen molar-refractivity contribution in [1.82, 2.24) is 9.80 Å². The third-order valence-corrected chi connectivity index (χ3v) is 5.65. The molecule has 0 N–H and O–H groups in total. The lowest BCUT2D eigenvalue weighted by molar-refractivity contribution is 0.187. The number of hydrogen-bond donors (Lipinski definition) is 0. The van der Waals surface area contributed by atoms with Crippen molar-refractivity contribution in [2.45, 2.75) is 6.42 Å². The van der Waals surface area contributed by atoms with E-state index >= 15 is 0 Å². The van der Waals surface area contributed by atoms with Gasteiger partial charge in [-0.3, -0.25) is 4.90 Å². The van der Waals surface area contributed by atoms with Crippen molar-refractivity contribution in [2.75, 3.05) is 60.3 Å². The van der Waals surface area contributed by atoms with Crippen LogP contribution in [0.25, 0.3) is 0 Å². The molecule has 0 unspecified atom stereocenters. The van der Waals surface area contributed by atoms with Gasteiger partial charge in [0.05, 0.1) is 21.3 Å². The first-order valence-corrected chi connectivity index (χ1v) is 9.61. The summed E-state index contributed by atoms with van der Waals surface area (Å²) in [5.74, 6) is 2.11. The topological polar surface area (TPSA) is 34.2 Å². The van der Waals surface area contributed by atoms with Gasteiger partial charge in [0.1, 0.15) is 4.32 Å². The predicted octanol–water partition coefficient (Wildman–Crippen LogP) is 2.52. The summed E-state index contributed by atoms with van der Waals surface area (Å²) in [7, 11) is 4.94. The maximum atomic E-state index is 5.56. The summed E-state index contributed by atoms with van der Waals surface area (Å²) in [6.07, 6.45) is 2.95. The van der Waals surface area contributed by atoms with Gasteiger partial charge in [0, 0.05) is 32.7 Å². The Balaban J connectivity index is 1.97. The molecule has 5 nitrogen and oxygen atoms in total. The minimum Gasteiger partial charge on any atom is -0.493 e. The number of rotatable bonds is 6. The fourth-order valence-corrected chi connectivity index (χ4v) is 3.55. The molecule has 1 saturated heterocycles. The largest absolute Gasteiger partial charge is 0.493 e. The van der Waals surface area contributed by atoms with Crippen LogP contribution in [0.15, 0.2) is 12.1 Å². The number of ether oxygens (including phenoxy) is 3. The first kappa shape index (κ1) is 19.1. The van der Waals surface area contributed by atoms with Crippen molar-refractivity contribution in [3.63, 3.8) is 0 Å². The quantitative estimate of drug-likeness (QED) is 0.712. The van der Waals surface area contributed by atoms with E-state index in [1.165, 1.54) is 0 Å². The number of thioether (sulfide) groups is 1. The fraction of sp³-hybridized carbons (Fsp3) is 0.588. The highest BCUT2D eigenvalue weighted by Crippen LogP contribution is 2.39. The van der Waals surface area contributed by atoms with Gasteiger partial charge in [0.2, 0.25) is 5.75 Å². The second-order valence-corrected chi connectivity index (χ2v) is 6.98. The molecule has 0 radical (unpaired) electrons. The lowest BCUT2D eigenvalue weighted by Gasteiger charge is -2.35. The van der Waals surface area contributed by atoms with Gasteiger partial charge in [-0.1, -0.05) is 18.3 Å². The Morgan fingerprint density at radius 3 is 2.25 bits per heavy atom. The van der Waals surface area contributed by atoms with Crippen LogP contribution in [0.3, 0.4) is 0 Å². The van der Waals surface area contributed by atoms with E-state index in [9.17, 15) is 0 Å². The molecule has 2 rings (SSSR count). The number of methoxy groups -OCH3 is 3. The van der Waals surface area contributed by atoms with Crippen molar-refractivity contribution >= 4 is 28.3 Å². The van der Waals surface area contributed by atoms with E-state index < -0.39 is 0 Å². The summed E-state index contributed by atoms with van der Waals surface area (Å²) in [4.78, 5) is 4.75. The van der Waals surface area contributed by atoms with Crippen LogP contribution >= 0.6 is 24.0 Å². The molecule has 0 aromatic heterocycles. The van der Waals surface area contributed by atoms with Gasteiger partial charge in [-0.25, -0.2) is 0 Å². The van der Waals surface area contributed by atoms with Crippen LogP contribution in [-0.2, 0) is 6.42 Å². The van der Waals surface area contributed by atoms with E-state index in [-0.39, 0.29) is 0 Å². The van der Waals surface area contributed by atoms with Gasteiger partial charge < -0.3 is 19.1 Å². The molecule has 0 bridgehead atoms. The molecule has 0 saturated carbocycles. The zero-order chi connectivity index (χ0) is 17.5. The molecule has 1 fully saturated rings. The summed E-state index contributed by atoms with van der Waals surface area (Å²) in [5, 5.41) is 0. The Morgan fingerprint density at radius 1 is 1.04 bits per heavy atom. The second kappa shape index (κ2) is 9.34. The van der Waals surface area contributed by atoms with E-state index in [2.05, 4.69) is 15.9 Å². The Labute approximate surface area is 154 Å². The third-order valence-electron chi connectivity index (χ3n) is 4.29. The van der Waals surface area contributed by atoms with Crippen LogP contribution in [0, 0.1) is 0 Å². The highest BCUT2D eigenvalue weighted by Gasteiger charge is 2.20. The summed E-state index contributed by atoms with van der Waals surface area (Å²) >= 11 is 7.02. The number of hydrogen-bond acceptors (Lipinski definition) is 6. The van der Waals surface area contributed by atoms with Crippen molar-refractivity contribution in [3.8, 4) is 17.2 Å². The van der Waals surface area contributed by atoms with Crippen LogP contribution in [0.5, 0.6) is 17.2 Å². The van der Waals surface area contributed by atoms with E-state index in [0.717, 1.165) is 54.8 Å². The molecule has 1 aliphatic heterocycles. The molecule has 0 aliphatic carbocycles. The average Bonchev–Trinajstić information content (AvgIpc) is 2.64. The molecule has 0 spiro atoms. The zero-order valence-corrected chi connectivity index (χ0v) is 16.5. The van der Waals surface area contributed by atoms with Crippen LogP contribution in [0.1, 0.15) is 5.56 Å². The maximum absolute atomic E-state index is 5.56. The average molecular weight is 371 g/mol. The maximum Gasteiger partial charge on any atom is 0.203 e.